The zero-order chi connectivity index (χ0) is 44.3. The highest BCUT2D eigenvalue weighted by atomic mass is 32.1. The fourth-order valence-corrected chi connectivity index (χ4v) is 12.0. The number of hydrogen-bond donors (Lipinski definition) is 0. The highest BCUT2D eigenvalue weighted by molar-refractivity contribution is 7.26. The van der Waals surface area contributed by atoms with Crippen LogP contribution in [0.3, 0.4) is 0 Å². The molecular formula is C65H43NS. The molecule has 13 rings (SSSR count). The predicted octanol–water partition coefficient (Wildman–Crippen LogP) is 18.0. The van der Waals surface area contributed by atoms with Gasteiger partial charge in [-0.3, -0.25) is 0 Å². The van der Waals surface area contributed by atoms with Gasteiger partial charge in [0.15, 0.2) is 0 Å². The van der Waals surface area contributed by atoms with Gasteiger partial charge in [-0.25, -0.2) is 0 Å². The summed E-state index contributed by atoms with van der Waals surface area (Å²) in [5, 5.41) is 5.07. The fraction of sp³-hybridized carbons (Fsp3) is 0.0154. The first-order valence-electron chi connectivity index (χ1n) is 23.1. The van der Waals surface area contributed by atoms with Crippen LogP contribution in [0.1, 0.15) is 22.3 Å². The lowest BCUT2D eigenvalue weighted by molar-refractivity contribution is 0.768. The number of hydrogen-bond acceptors (Lipinski definition) is 2. The van der Waals surface area contributed by atoms with Gasteiger partial charge in [0, 0.05) is 31.5 Å². The second-order valence-electron chi connectivity index (χ2n) is 17.6. The fourth-order valence-electron chi connectivity index (χ4n) is 10.8. The van der Waals surface area contributed by atoms with Gasteiger partial charge in [-0.15, -0.1) is 11.3 Å². The summed E-state index contributed by atoms with van der Waals surface area (Å²) in [5.41, 5.74) is 17.8. The molecule has 0 saturated heterocycles. The van der Waals surface area contributed by atoms with Crippen molar-refractivity contribution in [3.05, 3.63) is 283 Å². The van der Waals surface area contributed by atoms with E-state index in [-0.39, 0.29) is 0 Å². The molecule has 11 aromatic carbocycles. The monoisotopic (exact) mass is 869 g/mol. The number of anilines is 3. The van der Waals surface area contributed by atoms with E-state index < -0.39 is 5.41 Å². The number of benzene rings is 11. The van der Waals surface area contributed by atoms with Gasteiger partial charge in [0.2, 0.25) is 0 Å². The highest BCUT2D eigenvalue weighted by Crippen LogP contribution is 2.57. The molecular weight excluding hydrogens is 827 g/mol. The molecule has 0 N–H and O–H groups in total. The number of nitrogens with zero attached hydrogens (tertiary/aromatic N) is 1. The second kappa shape index (κ2) is 16.0. The lowest BCUT2D eigenvalue weighted by atomic mass is 9.67. The maximum absolute atomic E-state index is 2.49. The summed E-state index contributed by atoms with van der Waals surface area (Å²) in [5.74, 6) is 0. The predicted molar refractivity (Wildman–Crippen MR) is 285 cm³/mol. The van der Waals surface area contributed by atoms with Crippen molar-refractivity contribution in [1.82, 2.24) is 0 Å². The Hall–Kier alpha value is -8.30. The Bertz CT molecular complexity index is 3750. The summed E-state index contributed by atoms with van der Waals surface area (Å²) < 4.78 is 2.57. The Morgan fingerprint density at radius 3 is 1.61 bits per heavy atom. The van der Waals surface area contributed by atoms with Crippen LogP contribution < -0.4 is 4.90 Å². The quantitative estimate of drug-likeness (QED) is 0.147. The van der Waals surface area contributed by atoms with Crippen molar-refractivity contribution in [2.45, 2.75) is 5.41 Å². The number of rotatable bonds is 8. The normalized spacial score (nSPS) is 12.6. The zero-order valence-electron chi connectivity index (χ0n) is 36.7. The highest BCUT2D eigenvalue weighted by Gasteiger charge is 2.46. The summed E-state index contributed by atoms with van der Waals surface area (Å²) in [7, 11) is 0. The van der Waals surface area contributed by atoms with E-state index >= 15 is 0 Å². The average molecular weight is 870 g/mol. The van der Waals surface area contributed by atoms with Crippen molar-refractivity contribution in [1.29, 1.82) is 0 Å². The molecule has 1 aromatic heterocycles. The topological polar surface area (TPSA) is 3.24 Å². The third-order valence-corrected chi connectivity index (χ3v) is 15.1. The van der Waals surface area contributed by atoms with Crippen LogP contribution in [0.25, 0.3) is 75.5 Å². The van der Waals surface area contributed by atoms with E-state index in [1.165, 1.54) is 103 Å². The van der Waals surface area contributed by atoms with Gasteiger partial charge in [-0.05, 0) is 132 Å². The van der Waals surface area contributed by atoms with Gasteiger partial charge in [0.1, 0.15) is 0 Å². The van der Waals surface area contributed by atoms with Crippen molar-refractivity contribution in [3.63, 3.8) is 0 Å². The van der Waals surface area contributed by atoms with Gasteiger partial charge in [0.25, 0.3) is 0 Å². The van der Waals surface area contributed by atoms with Crippen LogP contribution in [-0.2, 0) is 5.41 Å². The molecule has 1 aliphatic carbocycles. The van der Waals surface area contributed by atoms with E-state index in [9.17, 15) is 0 Å². The van der Waals surface area contributed by atoms with Crippen LogP contribution >= 0.6 is 11.3 Å². The summed E-state index contributed by atoms with van der Waals surface area (Å²) >= 11 is 1.86. The third kappa shape index (κ3) is 6.44. The van der Waals surface area contributed by atoms with E-state index in [1.54, 1.807) is 0 Å². The van der Waals surface area contributed by atoms with E-state index in [4.69, 9.17) is 0 Å². The van der Waals surface area contributed by atoms with E-state index in [2.05, 4.69) is 266 Å². The maximum atomic E-state index is 2.49. The first-order chi connectivity index (χ1) is 33.2. The molecule has 12 aromatic rings. The van der Waals surface area contributed by atoms with Crippen molar-refractivity contribution >= 4 is 59.3 Å². The Morgan fingerprint density at radius 2 is 0.851 bits per heavy atom. The molecule has 0 radical (unpaired) electrons. The minimum absolute atomic E-state index is 0.509. The van der Waals surface area contributed by atoms with Crippen LogP contribution in [0.5, 0.6) is 0 Å². The maximum Gasteiger partial charge on any atom is 0.0714 e. The molecule has 1 aliphatic rings. The third-order valence-electron chi connectivity index (χ3n) is 13.9. The summed E-state index contributed by atoms with van der Waals surface area (Å²) in [6.45, 7) is 0. The first kappa shape index (κ1) is 39.1. The molecule has 0 aliphatic heterocycles. The summed E-state index contributed by atoms with van der Waals surface area (Å²) in [4.78, 5) is 2.49. The molecule has 1 heterocycles. The Kier molecular flexibility index (Phi) is 9.33. The molecule has 0 saturated carbocycles. The average Bonchev–Trinajstić information content (AvgIpc) is 3.94. The number of fused-ring (bicyclic) bond motifs is 7. The van der Waals surface area contributed by atoms with Crippen molar-refractivity contribution in [2.75, 3.05) is 4.90 Å². The lowest BCUT2D eigenvalue weighted by Gasteiger charge is -2.35. The van der Waals surface area contributed by atoms with Crippen LogP contribution in [0.15, 0.2) is 261 Å². The molecule has 314 valence electrons. The minimum atomic E-state index is -0.509. The van der Waals surface area contributed by atoms with Crippen LogP contribution in [0, 0.1) is 0 Å². The minimum Gasteiger partial charge on any atom is -0.310 e. The van der Waals surface area contributed by atoms with E-state index in [0.717, 1.165) is 11.4 Å². The van der Waals surface area contributed by atoms with Gasteiger partial charge in [0.05, 0.1) is 11.1 Å². The molecule has 0 spiro atoms. The molecule has 0 atom stereocenters. The summed E-state index contributed by atoms with van der Waals surface area (Å²) in [6.07, 6.45) is 0. The van der Waals surface area contributed by atoms with Crippen LogP contribution in [-0.4, -0.2) is 0 Å². The van der Waals surface area contributed by atoms with E-state index in [1.807, 2.05) is 11.3 Å². The molecule has 0 amide bonds. The van der Waals surface area contributed by atoms with Crippen molar-refractivity contribution < 1.29 is 0 Å². The largest absolute Gasteiger partial charge is 0.310 e. The van der Waals surface area contributed by atoms with Gasteiger partial charge in [-0.2, -0.15) is 0 Å². The lowest BCUT2D eigenvalue weighted by Crippen LogP contribution is -2.28. The molecule has 0 fully saturated rings. The van der Waals surface area contributed by atoms with Gasteiger partial charge in [-0.1, -0.05) is 206 Å². The number of thiophene rings is 1. The molecule has 1 nitrogen and oxygen atoms in total. The Morgan fingerprint density at radius 1 is 0.313 bits per heavy atom. The molecule has 0 unspecified atom stereocenters. The SMILES string of the molecule is c1ccc(C2(c3ccccc3)c3ccccc3-c3ccc(N(c4ccc(-c5ccc(-c6cccc(-c7ccc8ccccc8c7)c6)cc5)cc4)c4cccc5sc6ccccc6c45)cc32)cc1. The van der Waals surface area contributed by atoms with Crippen molar-refractivity contribution in [2.24, 2.45) is 0 Å². The van der Waals surface area contributed by atoms with Crippen LogP contribution in [0.2, 0.25) is 0 Å². The molecule has 0 bridgehead atoms. The van der Waals surface area contributed by atoms with Crippen molar-refractivity contribution in [3.8, 4) is 44.5 Å². The zero-order valence-corrected chi connectivity index (χ0v) is 37.5. The molecule has 67 heavy (non-hydrogen) atoms. The molecule has 2 heteroatoms. The Balaban J connectivity index is 0.926. The standard InChI is InChI=1S/C65H43NS/c1-3-19-52(20-4-1)65(53-21-5-2-6-22-53)59-25-11-9-23-56(59)57-40-39-55(43-60(57)65)66(61-26-14-28-63-64(61)58-24-10-12-27-62(58)67-63)54-37-35-46(36-38-54)45-29-31-47(32-30-45)49-17-13-18-50(41-49)51-34-33-44-15-7-8-16-48(44)42-51/h1-43H. The summed E-state index contributed by atoms with van der Waals surface area (Å²) in [6, 6.07) is 96.3. The Labute approximate surface area is 395 Å². The van der Waals surface area contributed by atoms with E-state index in [0.29, 0.717) is 0 Å². The second-order valence-corrected chi connectivity index (χ2v) is 18.7. The van der Waals surface area contributed by atoms with Crippen LogP contribution in [0.4, 0.5) is 17.1 Å². The van der Waals surface area contributed by atoms with Gasteiger partial charge >= 0.3 is 0 Å². The van der Waals surface area contributed by atoms with Gasteiger partial charge < -0.3 is 4.90 Å². The first-order valence-corrected chi connectivity index (χ1v) is 23.9. The smallest absolute Gasteiger partial charge is 0.0714 e.